The SMILES string of the molecule is CCCc1ccc(CNC(=O)c2ccc(-n3cnc(C)c3)c(OC)n2)cc1. The number of amides is 1. The van der Waals surface area contributed by atoms with Gasteiger partial charge in [0.1, 0.15) is 11.4 Å². The number of methoxy groups -OCH3 is 1. The van der Waals surface area contributed by atoms with Gasteiger partial charge in [0.25, 0.3) is 5.91 Å². The zero-order valence-electron chi connectivity index (χ0n) is 15.9. The first-order chi connectivity index (χ1) is 13.1. The lowest BCUT2D eigenvalue weighted by Gasteiger charge is -2.10. The van der Waals surface area contributed by atoms with E-state index in [0.717, 1.165) is 29.8 Å². The minimum atomic E-state index is -0.237. The van der Waals surface area contributed by atoms with E-state index in [1.807, 2.05) is 29.8 Å². The van der Waals surface area contributed by atoms with Crippen LogP contribution < -0.4 is 10.1 Å². The van der Waals surface area contributed by atoms with Gasteiger partial charge in [0, 0.05) is 12.7 Å². The molecule has 0 saturated heterocycles. The van der Waals surface area contributed by atoms with Gasteiger partial charge in [-0.25, -0.2) is 9.97 Å². The molecule has 140 valence electrons. The van der Waals surface area contributed by atoms with E-state index in [9.17, 15) is 4.79 Å². The minimum absolute atomic E-state index is 0.237. The van der Waals surface area contributed by atoms with Gasteiger partial charge in [-0.3, -0.25) is 4.79 Å². The summed E-state index contributed by atoms with van der Waals surface area (Å²) in [6.45, 7) is 4.53. The van der Waals surface area contributed by atoms with E-state index in [0.29, 0.717) is 18.1 Å². The molecule has 0 radical (unpaired) electrons. The number of carbonyl (C=O) groups excluding carboxylic acids is 1. The molecule has 1 N–H and O–H groups in total. The fourth-order valence-corrected chi connectivity index (χ4v) is 2.84. The van der Waals surface area contributed by atoms with E-state index in [2.05, 4.69) is 34.3 Å². The highest BCUT2D eigenvalue weighted by Crippen LogP contribution is 2.21. The Morgan fingerprint density at radius 2 is 1.89 bits per heavy atom. The molecule has 0 spiro atoms. The monoisotopic (exact) mass is 364 g/mol. The second kappa shape index (κ2) is 8.49. The highest BCUT2D eigenvalue weighted by Gasteiger charge is 2.13. The Kier molecular flexibility index (Phi) is 5.86. The van der Waals surface area contributed by atoms with Crippen LogP contribution in [0.4, 0.5) is 0 Å². The molecule has 0 bridgehead atoms. The average molecular weight is 364 g/mol. The Morgan fingerprint density at radius 1 is 1.15 bits per heavy atom. The quantitative estimate of drug-likeness (QED) is 0.697. The molecule has 6 heteroatoms. The molecule has 0 unspecified atom stereocenters. The summed E-state index contributed by atoms with van der Waals surface area (Å²) in [5.41, 5.74) is 4.31. The van der Waals surface area contributed by atoms with Crippen LogP contribution >= 0.6 is 0 Å². The molecule has 6 nitrogen and oxygen atoms in total. The smallest absolute Gasteiger partial charge is 0.270 e. The summed E-state index contributed by atoms with van der Waals surface area (Å²) in [5, 5.41) is 2.91. The standard InChI is InChI=1S/C21H24N4O2/c1-4-5-16-6-8-17(9-7-16)12-22-20(26)18-10-11-19(21(24-18)27-3)25-13-15(2)23-14-25/h6-11,13-14H,4-5,12H2,1-3H3,(H,22,26). The molecule has 0 fully saturated rings. The van der Waals surface area contributed by atoms with Gasteiger partial charge in [0.2, 0.25) is 5.88 Å². The number of imidazole rings is 1. The van der Waals surface area contributed by atoms with Crippen LogP contribution in [0.3, 0.4) is 0 Å². The van der Waals surface area contributed by atoms with Gasteiger partial charge in [-0.1, -0.05) is 37.6 Å². The number of carbonyl (C=O) groups is 1. The Hall–Kier alpha value is -3.15. The summed E-state index contributed by atoms with van der Waals surface area (Å²) in [7, 11) is 1.54. The molecular weight excluding hydrogens is 340 g/mol. The van der Waals surface area contributed by atoms with Crippen molar-refractivity contribution in [3.63, 3.8) is 0 Å². The Morgan fingerprint density at radius 3 is 2.52 bits per heavy atom. The molecule has 1 aromatic carbocycles. The molecule has 2 aromatic heterocycles. The number of rotatable bonds is 7. The first-order valence-corrected chi connectivity index (χ1v) is 9.02. The number of nitrogens with one attached hydrogen (secondary N) is 1. The normalized spacial score (nSPS) is 10.6. The van der Waals surface area contributed by atoms with Crippen molar-refractivity contribution in [2.45, 2.75) is 33.2 Å². The summed E-state index contributed by atoms with van der Waals surface area (Å²) in [5.74, 6) is 0.142. The molecular formula is C21H24N4O2. The average Bonchev–Trinajstić information content (AvgIpc) is 3.13. The van der Waals surface area contributed by atoms with Gasteiger partial charge in [-0.2, -0.15) is 0 Å². The molecule has 0 saturated carbocycles. The molecule has 0 aliphatic carbocycles. The van der Waals surface area contributed by atoms with Crippen LogP contribution in [0.5, 0.6) is 5.88 Å². The number of aromatic nitrogens is 3. The van der Waals surface area contributed by atoms with Crippen molar-refractivity contribution >= 4 is 5.91 Å². The highest BCUT2D eigenvalue weighted by atomic mass is 16.5. The van der Waals surface area contributed by atoms with Crippen molar-refractivity contribution in [3.05, 3.63) is 71.4 Å². The van der Waals surface area contributed by atoms with Crippen LogP contribution in [-0.2, 0) is 13.0 Å². The second-order valence-electron chi connectivity index (χ2n) is 6.40. The van der Waals surface area contributed by atoms with E-state index in [4.69, 9.17) is 4.74 Å². The number of pyridine rings is 1. The molecule has 2 heterocycles. The number of aryl methyl sites for hydroxylation is 2. The highest BCUT2D eigenvalue weighted by molar-refractivity contribution is 5.92. The Balaban J connectivity index is 1.69. The third kappa shape index (κ3) is 4.53. The van der Waals surface area contributed by atoms with Gasteiger partial charge in [-0.15, -0.1) is 0 Å². The summed E-state index contributed by atoms with van der Waals surface area (Å²) in [6, 6.07) is 11.8. The predicted octanol–water partition coefficient (Wildman–Crippen LogP) is 3.47. The van der Waals surface area contributed by atoms with Gasteiger partial charge in [0.15, 0.2) is 0 Å². The van der Waals surface area contributed by atoms with Crippen molar-refractivity contribution in [2.75, 3.05) is 7.11 Å². The molecule has 1 amide bonds. The van der Waals surface area contributed by atoms with E-state index in [1.165, 1.54) is 12.7 Å². The lowest BCUT2D eigenvalue weighted by Crippen LogP contribution is -2.24. The van der Waals surface area contributed by atoms with E-state index >= 15 is 0 Å². The first kappa shape index (κ1) is 18.6. The third-order valence-corrected chi connectivity index (χ3v) is 4.27. The Bertz CT molecular complexity index is 916. The molecule has 0 aliphatic rings. The van der Waals surface area contributed by atoms with Crippen LogP contribution in [0.2, 0.25) is 0 Å². The molecule has 3 rings (SSSR count). The summed E-state index contributed by atoms with van der Waals surface area (Å²) in [4.78, 5) is 21.0. The molecule has 0 aliphatic heterocycles. The topological polar surface area (TPSA) is 69.0 Å². The fraction of sp³-hybridized carbons (Fsp3) is 0.286. The van der Waals surface area contributed by atoms with Crippen LogP contribution in [-0.4, -0.2) is 27.6 Å². The second-order valence-corrected chi connectivity index (χ2v) is 6.40. The van der Waals surface area contributed by atoms with Gasteiger partial charge in [-0.05, 0) is 36.6 Å². The van der Waals surface area contributed by atoms with Gasteiger partial charge >= 0.3 is 0 Å². The van der Waals surface area contributed by atoms with Gasteiger partial charge in [0.05, 0.1) is 19.1 Å². The minimum Gasteiger partial charge on any atom is -0.479 e. The summed E-state index contributed by atoms with van der Waals surface area (Å²) in [6.07, 6.45) is 5.76. The van der Waals surface area contributed by atoms with Crippen LogP contribution in [0, 0.1) is 6.92 Å². The molecule has 3 aromatic rings. The third-order valence-electron chi connectivity index (χ3n) is 4.27. The van der Waals surface area contributed by atoms with E-state index < -0.39 is 0 Å². The zero-order valence-corrected chi connectivity index (χ0v) is 15.9. The van der Waals surface area contributed by atoms with Crippen molar-refractivity contribution in [1.29, 1.82) is 0 Å². The summed E-state index contributed by atoms with van der Waals surface area (Å²) >= 11 is 0. The number of benzene rings is 1. The summed E-state index contributed by atoms with van der Waals surface area (Å²) < 4.78 is 7.18. The number of hydrogen-bond donors (Lipinski definition) is 1. The molecule has 27 heavy (non-hydrogen) atoms. The Labute approximate surface area is 159 Å². The maximum absolute atomic E-state index is 12.5. The lowest BCUT2D eigenvalue weighted by molar-refractivity contribution is 0.0945. The number of ether oxygens (including phenoxy) is 1. The van der Waals surface area contributed by atoms with Crippen molar-refractivity contribution in [3.8, 4) is 11.6 Å². The lowest BCUT2D eigenvalue weighted by atomic mass is 10.1. The predicted molar refractivity (Wildman–Crippen MR) is 104 cm³/mol. The fourth-order valence-electron chi connectivity index (χ4n) is 2.84. The van der Waals surface area contributed by atoms with Crippen LogP contribution in [0.25, 0.3) is 5.69 Å². The van der Waals surface area contributed by atoms with Crippen molar-refractivity contribution in [1.82, 2.24) is 19.9 Å². The maximum Gasteiger partial charge on any atom is 0.270 e. The van der Waals surface area contributed by atoms with Crippen molar-refractivity contribution < 1.29 is 9.53 Å². The number of nitrogens with zero attached hydrogens (tertiary/aromatic N) is 3. The largest absolute Gasteiger partial charge is 0.479 e. The number of hydrogen-bond acceptors (Lipinski definition) is 4. The van der Waals surface area contributed by atoms with E-state index in [-0.39, 0.29) is 5.91 Å². The van der Waals surface area contributed by atoms with Crippen molar-refractivity contribution in [2.24, 2.45) is 0 Å². The molecule has 0 atom stereocenters. The zero-order chi connectivity index (χ0) is 19.2. The maximum atomic E-state index is 12.5. The van der Waals surface area contributed by atoms with E-state index in [1.54, 1.807) is 18.5 Å². The van der Waals surface area contributed by atoms with Crippen LogP contribution in [0.15, 0.2) is 48.9 Å². The first-order valence-electron chi connectivity index (χ1n) is 9.02. The van der Waals surface area contributed by atoms with Crippen LogP contribution in [0.1, 0.15) is 40.7 Å². The van der Waals surface area contributed by atoms with Gasteiger partial charge < -0.3 is 14.6 Å².